The van der Waals surface area contributed by atoms with Gasteiger partial charge in [-0.3, -0.25) is 14.2 Å². The average molecular weight is 409 g/mol. The fourth-order valence-electron chi connectivity index (χ4n) is 2.88. The Kier molecular flexibility index (Phi) is 5.29. The zero-order chi connectivity index (χ0) is 20.6. The van der Waals surface area contributed by atoms with Crippen LogP contribution in [0.3, 0.4) is 0 Å². The molecule has 0 aliphatic carbocycles. The molecule has 1 aromatic carbocycles. The normalized spacial score (nSPS) is 11.8. The van der Waals surface area contributed by atoms with E-state index < -0.39 is 17.6 Å². The number of hydrogen-bond acceptors (Lipinski definition) is 4. The number of aryl methyl sites for hydroxylation is 4. The van der Waals surface area contributed by atoms with Crippen molar-refractivity contribution >= 4 is 33.1 Å². The average Bonchev–Trinajstić information content (AvgIpc) is 2.90. The van der Waals surface area contributed by atoms with E-state index in [1.807, 2.05) is 13.8 Å². The van der Waals surface area contributed by atoms with Crippen molar-refractivity contribution in [3.63, 3.8) is 0 Å². The van der Waals surface area contributed by atoms with E-state index >= 15 is 0 Å². The van der Waals surface area contributed by atoms with Gasteiger partial charge in [0, 0.05) is 23.5 Å². The van der Waals surface area contributed by atoms with E-state index in [0.29, 0.717) is 10.2 Å². The number of hydrogen-bond donors (Lipinski definition) is 1. The first-order valence-corrected chi connectivity index (χ1v) is 9.32. The van der Waals surface area contributed by atoms with Gasteiger partial charge in [0.1, 0.15) is 4.83 Å². The number of thiophene rings is 1. The van der Waals surface area contributed by atoms with E-state index in [-0.39, 0.29) is 29.8 Å². The standard InChI is InChI=1S/C19H18F3N3O2S/c1-10-4-5-13(8-14(10)19(20,21)22)24-15(26)6-7-25-9-23-17-16(18(25)27)11(2)12(3)28-17/h4-5,8-9H,6-7H2,1-3H3,(H,24,26). The topological polar surface area (TPSA) is 64.0 Å². The summed E-state index contributed by atoms with van der Waals surface area (Å²) in [6.07, 6.45) is -3.17. The van der Waals surface area contributed by atoms with Crippen LogP contribution in [0.1, 0.15) is 28.0 Å². The Morgan fingerprint density at radius 3 is 2.64 bits per heavy atom. The third-order valence-corrected chi connectivity index (χ3v) is 5.68. The van der Waals surface area contributed by atoms with E-state index in [2.05, 4.69) is 10.3 Å². The molecule has 0 unspecified atom stereocenters. The second-order valence-corrected chi connectivity index (χ2v) is 7.74. The summed E-state index contributed by atoms with van der Waals surface area (Å²) in [5.41, 5.74) is -0.00420. The molecule has 28 heavy (non-hydrogen) atoms. The lowest BCUT2D eigenvalue weighted by atomic mass is 10.1. The van der Waals surface area contributed by atoms with Crippen LogP contribution >= 0.6 is 11.3 Å². The SMILES string of the molecule is Cc1ccc(NC(=O)CCn2cnc3sc(C)c(C)c3c2=O)cc1C(F)(F)F. The summed E-state index contributed by atoms with van der Waals surface area (Å²) in [4.78, 5) is 30.7. The monoisotopic (exact) mass is 409 g/mol. The summed E-state index contributed by atoms with van der Waals surface area (Å²) >= 11 is 1.44. The summed E-state index contributed by atoms with van der Waals surface area (Å²) in [5.74, 6) is -0.484. The molecule has 1 amide bonds. The Morgan fingerprint density at radius 1 is 1.25 bits per heavy atom. The summed E-state index contributed by atoms with van der Waals surface area (Å²) < 4.78 is 40.3. The predicted octanol–water partition coefficient (Wildman–Crippen LogP) is 4.43. The van der Waals surface area contributed by atoms with Gasteiger partial charge in [-0.2, -0.15) is 13.2 Å². The van der Waals surface area contributed by atoms with E-state index in [0.717, 1.165) is 16.5 Å². The van der Waals surface area contributed by atoms with Crippen LogP contribution in [0.15, 0.2) is 29.3 Å². The maximum absolute atomic E-state index is 13.0. The smallest absolute Gasteiger partial charge is 0.326 e. The lowest BCUT2D eigenvalue weighted by Crippen LogP contribution is -2.23. The van der Waals surface area contributed by atoms with E-state index in [9.17, 15) is 22.8 Å². The van der Waals surface area contributed by atoms with Crippen LogP contribution < -0.4 is 10.9 Å². The van der Waals surface area contributed by atoms with Gasteiger partial charge in [-0.1, -0.05) is 6.07 Å². The molecule has 0 aliphatic heterocycles. The minimum atomic E-state index is -4.49. The molecule has 148 valence electrons. The highest BCUT2D eigenvalue weighted by molar-refractivity contribution is 7.18. The molecule has 0 radical (unpaired) electrons. The van der Waals surface area contributed by atoms with E-state index in [4.69, 9.17) is 0 Å². The van der Waals surface area contributed by atoms with Crippen LogP contribution in [0.2, 0.25) is 0 Å². The number of nitrogens with one attached hydrogen (secondary N) is 1. The Labute approximate surface area is 162 Å². The van der Waals surface area contributed by atoms with Gasteiger partial charge in [-0.25, -0.2) is 4.98 Å². The second kappa shape index (κ2) is 7.38. The van der Waals surface area contributed by atoms with Crippen molar-refractivity contribution in [1.82, 2.24) is 9.55 Å². The molecule has 0 spiro atoms. The lowest BCUT2D eigenvalue weighted by Gasteiger charge is -2.13. The van der Waals surface area contributed by atoms with Crippen molar-refractivity contribution in [1.29, 1.82) is 0 Å². The van der Waals surface area contributed by atoms with Gasteiger partial charge in [-0.15, -0.1) is 11.3 Å². The number of aromatic nitrogens is 2. The minimum Gasteiger partial charge on any atom is -0.326 e. The van der Waals surface area contributed by atoms with Crippen molar-refractivity contribution in [3.05, 3.63) is 56.4 Å². The Morgan fingerprint density at radius 2 is 1.96 bits per heavy atom. The van der Waals surface area contributed by atoms with Crippen molar-refractivity contribution in [2.45, 2.75) is 39.9 Å². The molecule has 0 fully saturated rings. The predicted molar refractivity (Wildman–Crippen MR) is 103 cm³/mol. The molecule has 2 aromatic heterocycles. The molecule has 3 aromatic rings. The van der Waals surface area contributed by atoms with Gasteiger partial charge in [-0.05, 0) is 44.0 Å². The number of halogens is 3. The summed E-state index contributed by atoms with van der Waals surface area (Å²) in [6, 6.07) is 3.63. The first-order chi connectivity index (χ1) is 13.1. The number of anilines is 1. The molecule has 0 saturated heterocycles. The molecule has 0 aliphatic rings. The molecule has 1 N–H and O–H groups in total. The number of carbonyl (C=O) groups excluding carboxylic acids is 1. The quantitative estimate of drug-likeness (QED) is 0.693. The van der Waals surface area contributed by atoms with Crippen LogP contribution in [-0.2, 0) is 17.5 Å². The van der Waals surface area contributed by atoms with Gasteiger partial charge in [0.15, 0.2) is 0 Å². The maximum Gasteiger partial charge on any atom is 0.416 e. The van der Waals surface area contributed by atoms with Gasteiger partial charge in [0.2, 0.25) is 5.91 Å². The highest BCUT2D eigenvalue weighted by Gasteiger charge is 2.32. The summed E-state index contributed by atoms with van der Waals surface area (Å²) in [6.45, 7) is 5.21. The van der Waals surface area contributed by atoms with Crippen LogP contribution in [0.4, 0.5) is 18.9 Å². The summed E-state index contributed by atoms with van der Waals surface area (Å²) in [5, 5.41) is 2.99. The second-order valence-electron chi connectivity index (χ2n) is 6.53. The number of rotatable bonds is 4. The molecule has 0 saturated carbocycles. The highest BCUT2D eigenvalue weighted by Crippen LogP contribution is 2.33. The largest absolute Gasteiger partial charge is 0.416 e. The molecule has 0 bridgehead atoms. The van der Waals surface area contributed by atoms with E-state index in [1.165, 1.54) is 41.3 Å². The maximum atomic E-state index is 13.0. The van der Waals surface area contributed by atoms with Crippen molar-refractivity contribution < 1.29 is 18.0 Å². The molecule has 0 atom stereocenters. The number of alkyl halides is 3. The lowest BCUT2D eigenvalue weighted by molar-refractivity contribution is -0.138. The van der Waals surface area contributed by atoms with Crippen molar-refractivity contribution in [2.75, 3.05) is 5.32 Å². The van der Waals surface area contributed by atoms with Gasteiger partial charge in [0.25, 0.3) is 5.56 Å². The fraction of sp³-hybridized carbons (Fsp3) is 0.316. The number of fused-ring (bicyclic) bond motifs is 1. The first-order valence-electron chi connectivity index (χ1n) is 8.50. The first kappa shape index (κ1) is 20.1. The third-order valence-electron chi connectivity index (χ3n) is 4.56. The zero-order valence-electron chi connectivity index (χ0n) is 15.5. The highest BCUT2D eigenvalue weighted by atomic mass is 32.1. The third kappa shape index (κ3) is 3.94. The molecular formula is C19H18F3N3O2S. The number of nitrogens with zero attached hydrogens (tertiary/aromatic N) is 2. The van der Waals surface area contributed by atoms with Crippen molar-refractivity contribution in [3.8, 4) is 0 Å². The molecule has 5 nitrogen and oxygen atoms in total. The van der Waals surface area contributed by atoms with Crippen LogP contribution in [0.5, 0.6) is 0 Å². The summed E-state index contributed by atoms with van der Waals surface area (Å²) in [7, 11) is 0. The van der Waals surface area contributed by atoms with Gasteiger partial charge in [0.05, 0.1) is 17.3 Å². The van der Waals surface area contributed by atoms with E-state index in [1.54, 1.807) is 0 Å². The zero-order valence-corrected chi connectivity index (χ0v) is 16.3. The Balaban J connectivity index is 1.73. The number of benzene rings is 1. The van der Waals surface area contributed by atoms with Crippen LogP contribution in [0.25, 0.3) is 10.2 Å². The van der Waals surface area contributed by atoms with Crippen molar-refractivity contribution in [2.24, 2.45) is 0 Å². The van der Waals surface area contributed by atoms with Gasteiger partial charge >= 0.3 is 6.18 Å². The Bertz CT molecular complexity index is 1120. The molecule has 2 heterocycles. The molecule has 9 heteroatoms. The van der Waals surface area contributed by atoms with Crippen LogP contribution in [0, 0.1) is 20.8 Å². The van der Waals surface area contributed by atoms with Gasteiger partial charge < -0.3 is 5.32 Å². The molecular weight excluding hydrogens is 391 g/mol. The molecule has 3 rings (SSSR count). The van der Waals surface area contributed by atoms with Crippen LogP contribution in [-0.4, -0.2) is 15.5 Å². The number of carbonyl (C=O) groups is 1. The number of amides is 1. The minimum absolute atomic E-state index is 0.0631. The Hall–Kier alpha value is -2.68. The fourth-order valence-corrected chi connectivity index (χ4v) is 3.87.